The van der Waals surface area contributed by atoms with E-state index >= 15 is 0 Å². The number of benzene rings is 6. The van der Waals surface area contributed by atoms with Crippen LogP contribution < -0.4 is 5.32 Å². The molecular weight excluding hydrogens is 613 g/mol. The first kappa shape index (κ1) is 28.2. The smallest absolute Gasteiger partial charge is 0.159 e. The summed E-state index contributed by atoms with van der Waals surface area (Å²) in [4.78, 5) is 15.4. The molecule has 6 nitrogen and oxygen atoms in total. The molecule has 0 aliphatic carbocycles. The Kier molecular flexibility index (Phi) is 6.45. The Morgan fingerprint density at radius 2 is 1.06 bits per heavy atom. The fraction of sp³-hybridized carbons (Fsp3) is 0.0227. The summed E-state index contributed by atoms with van der Waals surface area (Å²) in [6, 6.07) is 59.0. The number of aromatic nitrogens is 3. The molecule has 4 heterocycles. The van der Waals surface area contributed by atoms with Crippen LogP contribution in [-0.4, -0.2) is 25.8 Å². The number of rotatable bonds is 5. The molecule has 50 heavy (non-hydrogen) atoms. The van der Waals surface area contributed by atoms with Crippen LogP contribution in [-0.2, 0) is 0 Å². The maximum absolute atomic E-state index is 5.36. The Morgan fingerprint density at radius 3 is 1.76 bits per heavy atom. The van der Waals surface area contributed by atoms with Crippen LogP contribution >= 0.6 is 0 Å². The first-order valence-electron chi connectivity index (χ1n) is 16.8. The molecule has 6 aromatic carbocycles. The van der Waals surface area contributed by atoms with E-state index in [0.717, 1.165) is 44.9 Å². The number of aliphatic imine (C=N–C) groups is 2. The van der Waals surface area contributed by atoms with Gasteiger partial charge in [-0.2, -0.15) is 0 Å². The van der Waals surface area contributed by atoms with E-state index in [1.54, 1.807) is 0 Å². The van der Waals surface area contributed by atoms with E-state index in [1.807, 2.05) is 54.6 Å². The molecule has 1 aliphatic rings. The van der Waals surface area contributed by atoms with Gasteiger partial charge in [0, 0.05) is 32.8 Å². The number of nitrogens with one attached hydrogen (secondary N) is 1. The second kappa shape index (κ2) is 11.4. The van der Waals surface area contributed by atoms with Crippen molar-refractivity contribution in [3.05, 3.63) is 187 Å². The van der Waals surface area contributed by atoms with Crippen molar-refractivity contribution in [2.45, 2.75) is 6.17 Å². The molecular formula is C44H30N6. The summed E-state index contributed by atoms with van der Waals surface area (Å²) < 4.78 is 4.71. The lowest BCUT2D eigenvalue weighted by Crippen LogP contribution is -2.34. The fourth-order valence-electron chi connectivity index (χ4n) is 7.37. The average Bonchev–Trinajstić information content (AvgIpc) is 3.72. The summed E-state index contributed by atoms with van der Waals surface area (Å²) >= 11 is 0. The first-order chi connectivity index (χ1) is 24.8. The third kappa shape index (κ3) is 4.46. The highest BCUT2D eigenvalue weighted by Crippen LogP contribution is 2.41. The average molecular weight is 643 g/mol. The monoisotopic (exact) mass is 642 g/mol. The summed E-state index contributed by atoms with van der Waals surface area (Å²) in [7, 11) is 0. The van der Waals surface area contributed by atoms with Crippen LogP contribution in [0.1, 0.15) is 23.0 Å². The third-order valence-corrected chi connectivity index (χ3v) is 9.58. The molecule has 0 saturated carbocycles. The van der Waals surface area contributed by atoms with Crippen LogP contribution in [0.4, 0.5) is 0 Å². The van der Waals surface area contributed by atoms with Crippen molar-refractivity contribution in [2.24, 2.45) is 9.98 Å². The van der Waals surface area contributed by atoms with Gasteiger partial charge >= 0.3 is 0 Å². The van der Waals surface area contributed by atoms with Crippen LogP contribution in [0.5, 0.6) is 0 Å². The highest BCUT2D eigenvalue weighted by Gasteiger charge is 2.24. The molecule has 3 aromatic heterocycles. The van der Waals surface area contributed by atoms with Gasteiger partial charge < -0.3 is 9.88 Å². The zero-order valence-electron chi connectivity index (χ0n) is 27.0. The highest BCUT2D eigenvalue weighted by molar-refractivity contribution is 6.23. The van der Waals surface area contributed by atoms with E-state index < -0.39 is 0 Å². The molecule has 0 bridgehead atoms. The van der Waals surface area contributed by atoms with E-state index in [1.165, 1.54) is 27.1 Å². The number of pyridine rings is 1. The van der Waals surface area contributed by atoms with E-state index in [-0.39, 0.29) is 6.17 Å². The predicted octanol–water partition coefficient (Wildman–Crippen LogP) is 9.77. The van der Waals surface area contributed by atoms with Crippen LogP contribution in [0.2, 0.25) is 0 Å². The van der Waals surface area contributed by atoms with Crippen molar-refractivity contribution in [1.82, 2.24) is 19.4 Å². The number of nitrogens with zero attached hydrogens (tertiary/aromatic N) is 5. The molecule has 1 aliphatic heterocycles. The Morgan fingerprint density at radius 1 is 0.480 bits per heavy atom. The SMILES string of the molecule is c1ccc(C2=NC(c3ccccc3)NC(c3cccc(-n4c5ccccc5c5ccc6c7ccccc7n(-c7ccccc7)c6c54)n3)=N2)cc1. The minimum atomic E-state index is -0.307. The van der Waals surface area contributed by atoms with Crippen molar-refractivity contribution in [3.63, 3.8) is 0 Å². The standard InChI is InChI=1S/C44H30N6/c1-4-15-29(16-5-1)42-46-43(30-17-6-2-7-18-30)48-44(47-42)36-23-14-26-39(45-36)50-38-25-13-11-22-33(38)35-28-27-34-32-21-10-12-24-37(32)49(40(34)41(35)50)31-19-8-3-9-20-31/h1-28,42H,(H,46,47,48). The summed E-state index contributed by atoms with van der Waals surface area (Å²) in [6.45, 7) is 0. The van der Waals surface area contributed by atoms with Crippen LogP contribution in [0.15, 0.2) is 180 Å². The van der Waals surface area contributed by atoms with Crippen molar-refractivity contribution >= 4 is 55.3 Å². The maximum atomic E-state index is 5.36. The largest absolute Gasteiger partial charge is 0.343 e. The van der Waals surface area contributed by atoms with E-state index in [0.29, 0.717) is 11.7 Å². The van der Waals surface area contributed by atoms with Gasteiger partial charge in [-0.05, 0) is 42.0 Å². The zero-order chi connectivity index (χ0) is 33.0. The molecule has 0 amide bonds. The van der Waals surface area contributed by atoms with Gasteiger partial charge in [0.15, 0.2) is 11.7 Å². The van der Waals surface area contributed by atoms with Gasteiger partial charge in [0.05, 0.1) is 22.1 Å². The molecule has 1 N–H and O–H groups in total. The maximum Gasteiger partial charge on any atom is 0.159 e. The van der Waals surface area contributed by atoms with Gasteiger partial charge in [0.1, 0.15) is 17.7 Å². The fourth-order valence-corrected chi connectivity index (χ4v) is 7.37. The van der Waals surface area contributed by atoms with Crippen LogP contribution in [0.25, 0.3) is 55.1 Å². The van der Waals surface area contributed by atoms with Crippen molar-refractivity contribution in [1.29, 1.82) is 0 Å². The van der Waals surface area contributed by atoms with Gasteiger partial charge in [0.25, 0.3) is 0 Å². The van der Waals surface area contributed by atoms with Crippen molar-refractivity contribution in [3.8, 4) is 11.5 Å². The Labute approximate surface area is 288 Å². The quantitative estimate of drug-likeness (QED) is 0.203. The number of fused-ring (bicyclic) bond motifs is 7. The Hall–Kier alpha value is -6.79. The van der Waals surface area contributed by atoms with Gasteiger partial charge in [-0.25, -0.2) is 15.0 Å². The molecule has 9 aromatic rings. The summed E-state index contributed by atoms with van der Waals surface area (Å²) in [5, 5.41) is 8.37. The van der Waals surface area contributed by atoms with Crippen molar-refractivity contribution in [2.75, 3.05) is 0 Å². The van der Waals surface area contributed by atoms with E-state index in [2.05, 4.69) is 130 Å². The minimum Gasteiger partial charge on any atom is -0.343 e. The van der Waals surface area contributed by atoms with Gasteiger partial charge in [-0.3, -0.25) is 4.57 Å². The Balaban J connectivity index is 1.23. The first-order valence-corrected chi connectivity index (χ1v) is 16.8. The normalized spacial score (nSPS) is 14.6. The molecule has 1 unspecified atom stereocenters. The molecule has 0 saturated heterocycles. The van der Waals surface area contributed by atoms with Gasteiger partial charge in [-0.1, -0.05) is 133 Å². The van der Waals surface area contributed by atoms with Crippen LogP contribution in [0.3, 0.4) is 0 Å². The molecule has 6 heteroatoms. The number of hydrogen-bond donors (Lipinski definition) is 1. The third-order valence-electron chi connectivity index (χ3n) is 9.58. The molecule has 0 fully saturated rings. The topological polar surface area (TPSA) is 59.5 Å². The molecule has 10 rings (SSSR count). The number of amidine groups is 2. The second-order valence-corrected chi connectivity index (χ2v) is 12.5. The molecule has 236 valence electrons. The van der Waals surface area contributed by atoms with Gasteiger partial charge in [0.2, 0.25) is 0 Å². The van der Waals surface area contributed by atoms with E-state index in [4.69, 9.17) is 15.0 Å². The minimum absolute atomic E-state index is 0.307. The van der Waals surface area contributed by atoms with Crippen molar-refractivity contribution < 1.29 is 0 Å². The lowest BCUT2D eigenvalue weighted by molar-refractivity contribution is 0.672. The summed E-state index contributed by atoms with van der Waals surface area (Å²) in [5.41, 5.74) is 8.40. The second-order valence-electron chi connectivity index (χ2n) is 12.5. The predicted molar refractivity (Wildman–Crippen MR) is 205 cm³/mol. The zero-order valence-corrected chi connectivity index (χ0v) is 27.0. The number of hydrogen-bond acceptors (Lipinski definition) is 4. The molecule has 1 atom stereocenters. The summed E-state index contributed by atoms with van der Waals surface area (Å²) in [5.74, 6) is 2.17. The summed E-state index contributed by atoms with van der Waals surface area (Å²) in [6.07, 6.45) is -0.307. The lowest BCUT2D eigenvalue weighted by Gasteiger charge is -2.23. The molecule has 0 spiro atoms. The highest BCUT2D eigenvalue weighted by atomic mass is 15.2. The van der Waals surface area contributed by atoms with Crippen LogP contribution in [0, 0.1) is 0 Å². The molecule has 0 radical (unpaired) electrons. The van der Waals surface area contributed by atoms with Gasteiger partial charge in [-0.15, -0.1) is 0 Å². The Bertz CT molecular complexity index is 2780. The number of para-hydroxylation sites is 3. The van der Waals surface area contributed by atoms with E-state index in [9.17, 15) is 0 Å². The lowest BCUT2D eigenvalue weighted by atomic mass is 10.1.